The topological polar surface area (TPSA) is 40.5 Å². The van der Waals surface area contributed by atoms with Crippen molar-refractivity contribution in [2.24, 2.45) is 17.3 Å². The number of carbonyl (C=O) groups excluding carboxylic acids is 1. The Bertz CT molecular complexity index is 366. The Morgan fingerprint density at radius 3 is 2.67 bits per heavy atom. The molecule has 2 aliphatic carbocycles. The van der Waals surface area contributed by atoms with Gasteiger partial charge in [0.15, 0.2) is 0 Å². The molecule has 0 spiro atoms. The van der Waals surface area contributed by atoms with Crippen molar-refractivity contribution < 1.29 is 9.90 Å². The molecule has 18 heavy (non-hydrogen) atoms. The number of hydrogen-bond donors (Lipinski definition) is 1. The summed E-state index contributed by atoms with van der Waals surface area (Å²) < 4.78 is 0. The normalized spacial score (nSPS) is 42.3. The van der Waals surface area contributed by atoms with E-state index in [4.69, 9.17) is 0 Å². The van der Waals surface area contributed by atoms with Crippen molar-refractivity contribution in [2.45, 2.75) is 58.0 Å². The number of fused-ring (bicyclic) bond motifs is 1. The summed E-state index contributed by atoms with van der Waals surface area (Å²) in [7, 11) is 0. The van der Waals surface area contributed by atoms with Gasteiger partial charge in [-0.2, -0.15) is 0 Å². The van der Waals surface area contributed by atoms with Crippen LogP contribution in [-0.4, -0.2) is 34.6 Å². The third-order valence-corrected chi connectivity index (χ3v) is 5.55. The number of piperidine rings is 1. The number of hydrogen-bond acceptors (Lipinski definition) is 2. The quantitative estimate of drug-likeness (QED) is 0.776. The lowest BCUT2D eigenvalue weighted by Gasteiger charge is -2.47. The van der Waals surface area contributed by atoms with Crippen molar-refractivity contribution in [1.29, 1.82) is 0 Å². The molecule has 3 fully saturated rings. The molecule has 3 nitrogen and oxygen atoms in total. The van der Waals surface area contributed by atoms with E-state index < -0.39 is 5.60 Å². The molecule has 1 heterocycles. The number of carbonyl (C=O) groups is 1. The zero-order valence-corrected chi connectivity index (χ0v) is 11.6. The highest BCUT2D eigenvalue weighted by atomic mass is 16.3. The first-order chi connectivity index (χ1) is 8.42. The van der Waals surface area contributed by atoms with Crippen LogP contribution < -0.4 is 0 Å². The van der Waals surface area contributed by atoms with Gasteiger partial charge in [-0.3, -0.25) is 4.79 Å². The maximum atomic E-state index is 12.4. The summed E-state index contributed by atoms with van der Waals surface area (Å²) >= 11 is 0. The Hall–Kier alpha value is -0.570. The first kappa shape index (κ1) is 12.5. The van der Waals surface area contributed by atoms with Crippen LogP contribution in [0.5, 0.6) is 0 Å². The first-order valence-electron chi connectivity index (χ1n) is 7.44. The van der Waals surface area contributed by atoms with Crippen LogP contribution in [0, 0.1) is 17.3 Å². The summed E-state index contributed by atoms with van der Waals surface area (Å²) in [6, 6.07) is 0. The smallest absolute Gasteiger partial charge is 0.226 e. The number of likely N-dealkylation sites (tertiary alicyclic amines) is 1. The molecule has 3 heteroatoms. The van der Waals surface area contributed by atoms with E-state index in [0.29, 0.717) is 11.8 Å². The molecule has 1 aliphatic heterocycles. The van der Waals surface area contributed by atoms with E-state index in [1.165, 1.54) is 6.42 Å². The van der Waals surface area contributed by atoms with Gasteiger partial charge in [0.25, 0.3) is 0 Å². The molecule has 0 aromatic heterocycles. The van der Waals surface area contributed by atoms with E-state index in [1.54, 1.807) is 0 Å². The minimum Gasteiger partial charge on any atom is -0.389 e. The minimum absolute atomic E-state index is 0.220. The first-order valence-corrected chi connectivity index (χ1v) is 7.44. The van der Waals surface area contributed by atoms with Gasteiger partial charge in [-0.05, 0) is 31.1 Å². The standard InChI is InChI=1S/C15H25NO2/c1-14(2)9-12(14)13(17)16-8-7-15(18)6-4-3-5-11(15)10-16/h11-12,18H,3-10H2,1-2H3. The maximum absolute atomic E-state index is 12.4. The van der Waals surface area contributed by atoms with Crippen molar-refractivity contribution in [3.63, 3.8) is 0 Å². The Morgan fingerprint density at radius 1 is 1.28 bits per heavy atom. The highest BCUT2D eigenvalue weighted by molar-refractivity contribution is 5.82. The van der Waals surface area contributed by atoms with Gasteiger partial charge in [0, 0.05) is 24.9 Å². The predicted octanol–water partition coefficient (Wildman–Crippen LogP) is 2.19. The molecule has 0 bridgehead atoms. The van der Waals surface area contributed by atoms with E-state index >= 15 is 0 Å². The molecule has 0 aromatic carbocycles. The van der Waals surface area contributed by atoms with Gasteiger partial charge in [0.05, 0.1) is 5.60 Å². The zero-order chi connectivity index (χ0) is 13.0. The number of nitrogens with zero attached hydrogens (tertiary/aromatic N) is 1. The number of amides is 1. The summed E-state index contributed by atoms with van der Waals surface area (Å²) in [5.74, 6) is 0.908. The summed E-state index contributed by atoms with van der Waals surface area (Å²) in [5.41, 5.74) is -0.245. The summed E-state index contributed by atoms with van der Waals surface area (Å²) in [5, 5.41) is 10.6. The van der Waals surface area contributed by atoms with Crippen LogP contribution in [0.1, 0.15) is 52.4 Å². The van der Waals surface area contributed by atoms with Crippen LogP contribution in [0.3, 0.4) is 0 Å². The van der Waals surface area contributed by atoms with Gasteiger partial charge < -0.3 is 10.0 Å². The molecule has 1 N–H and O–H groups in total. The fourth-order valence-corrected chi connectivity index (χ4v) is 3.88. The van der Waals surface area contributed by atoms with E-state index in [2.05, 4.69) is 13.8 Å². The molecule has 1 saturated heterocycles. The van der Waals surface area contributed by atoms with Crippen molar-refractivity contribution in [3.8, 4) is 0 Å². The lowest BCUT2D eigenvalue weighted by atomic mass is 9.71. The fraction of sp³-hybridized carbons (Fsp3) is 0.933. The predicted molar refractivity (Wildman–Crippen MR) is 70.0 cm³/mol. The fourth-order valence-electron chi connectivity index (χ4n) is 3.88. The third-order valence-electron chi connectivity index (χ3n) is 5.55. The van der Waals surface area contributed by atoms with Crippen LogP contribution in [0.2, 0.25) is 0 Å². The molecular weight excluding hydrogens is 226 g/mol. The van der Waals surface area contributed by atoms with Gasteiger partial charge in [-0.1, -0.05) is 26.7 Å². The van der Waals surface area contributed by atoms with Gasteiger partial charge in [0.1, 0.15) is 0 Å². The second kappa shape index (κ2) is 3.96. The second-order valence-corrected chi connectivity index (χ2v) is 7.33. The van der Waals surface area contributed by atoms with Gasteiger partial charge >= 0.3 is 0 Å². The average Bonchev–Trinajstić information content (AvgIpc) is 2.96. The van der Waals surface area contributed by atoms with Crippen LogP contribution in [0.4, 0.5) is 0 Å². The largest absolute Gasteiger partial charge is 0.389 e. The van der Waals surface area contributed by atoms with E-state index in [0.717, 1.165) is 45.2 Å². The van der Waals surface area contributed by atoms with E-state index in [-0.39, 0.29) is 11.3 Å². The molecule has 2 saturated carbocycles. The van der Waals surface area contributed by atoms with Gasteiger partial charge in [-0.25, -0.2) is 0 Å². The maximum Gasteiger partial charge on any atom is 0.226 e. The zero-order valence-electron chi connectivity index (χ0n) is 11.6. The SMILES string of the molecule is CC1(C)CC1C(=O)N1CCC2(O)CCCCC2C1. The third kappa shape index (κ3) is 1.97. The van der Waals surface area contributed by atoms with Crippen molar-refractivity contribution in [1.82, 2.24) is 4.90 Å². The highest BCUT2D eigenvalue weighted by Gasteiger charge is 2.53. The Morgan fingerprint density at radius 2 is 2.00 bits per heavy atom. The van der Waals surface area contributed by atoms with Crippen LogP contribution in [0.15, 0.2) is 0 Å². The summed E-state index contributed by atoms with van der Waals surface area (Å²) in [6.45, 7) is 5.91. The number of rotatable bonds is 1. The molecule has 0 aromatic rings. The lowest BCUT2D eigenvalue weighted by molar-refractivity contribution is -0.145. The molecule has 3 rings (SSSR count). The minimum atomic E-state index is -0.464. The van der Waals surface area contributed by atoms with E-state index in [9.17, 15) is 9.90 Å². The van der Waals surface area contributed by atoms with Gasteiger partial charge in [0.2, 0.25) is 5.91 Å². The monoisotopic (exact) mass is 251 g/mol. The van der Waals surface area contributed by atoms with Crippen molar-refractivity contribution in [3.05, 3.63) is 0 Å². The van der Waals surface area contributed by atoms with Crippen LogP contribution >= 0.6 is 0 Å². The Labute approximate surface area is 110 Å². The summed E-state index contributed by atoms with van der Waals surface area (Å²) in [4.78, 5) is 14.4. The second-order valence-electron chi connectivity index (χ2n) is 7.33. The molecule has 3 atom stereocenters. The molecule has 102 valence electrons. The van der Waals surface area contributed by atoms with Crippen LogP contribution in [-0.2, 0) is 4.79 Å². The number of aliphatic hydroxyl groups is 1. The molecule has 0 radical (unpaired) electrons. The highest BCUT2D eigenvalue weighted by Crippen LogP contribution is 2.53. The Kier molecular flexibility index (Phi) is 2.74. The average molecular weight is 251 g/mol. The molecule has 3 unspecified atom stereocenters. The summed E-state index contributed by atoms with van der Waals surface area (Å²) in [6.07, 6.45) is 6.22. The molecular formula is C15H25NO2. The van der Waals surface area contributed by atoms with Crippen LogP contribution in [0.25, 0.3) is 0 Å². The molecule has 1 amide bonds. The lowest BCUT2D eigenvalue weighted by Crippen LogP contribution is -2.55. The van der Waals surface area contributed by atoms with Crippen molar-refractivity contribution >= 4 is 5.91 Å². The molecule has 3 aliphatic rings. The Balaban J connectivity index is 1.65. The van der Waals surface area contributed by atoms with Crippen molar-refractivity contribution in [2.75, 3.05) is 13.1 Å². The van der Waals surface area contributed by atoms with E-state index in [1.807, 2.05) is 4.90 Å². The van der Waals surface area contributed by atoms with Gasteiger partial charge in [-0.15, -0.1) is 0 Å².